The summed E-state index contributed by atoms with van der Waals surface area (Å²) in [4.78, 5) is 12.4. The molecule has 1 amide bonds. The average molecular weight is 460 g/mol. The first kappa shape index (κ1) is 24.8. The molecule has 1 N–H and O–H groups in total. The van der Waals surface area contributed by atoms with Crippen LogP contribution in [0.4, 0.5) is 0 Å². The van der Waals surface area contributed by atoms with Crippen LogP contribution < -0.4 is 4.72 Å². The zero-order valence-corrected chi connectivity index (χ0v) is 19.5. The van der Waals surface area contributed by atoms with Gasteiger partial charge in [-0.05, 0) is 37.0 Å². The zero-order chi connectivity index (χ0) is 22.2. The van der Waals surface area contributed by atoms with Crippen LogP contribution in [0.2, 0.25) is 0 Å². The third kappa shape index (κ3) is 6.76. The number of amides is 1. The van der Waals surface area contributed by atoms with Gasteiger partial charge in [0.15, 0.2) is 0 Å². The Hall–Kier alpha value is -1.49. The highest BCUT2D eigenvalue weighted by Crippen LogP contribution is 2.17. The summed E-state index contributed by atoms with van der Waals surface area (Å²) in [6, 6.07) is 6.38. The standard InChI is InChI=1S/C20H33N3O5S2/c1-3-22(4-2)29(25,26)19-13-10-18(11-14-19)12-15-20(24)21-30(27,28)23-16-8-6-5-7-9-17-23/h10-11,13-14H,3-9,12,15-17H2,1-2H3,(H,21,24). The van der Waals surface area contributed by atoms with Crippen molar-refractivity contribution >= 4 is 26.1 Å². The van der Waals surface area contributed by atoms with Crippen LogP contribution in [0.1, 0.15) is 57.9 Å². The summed E-state index contributed by atoms with van der Waals surface area (Å²) in [7, 11) is -7.34. The van der Waals surface area contributed by atoms with Crippen LogP contribution in [0.15, 0.2) is 29.2 Å². The topological polar surface area (TPSA) is 104 Å². The average Bonchev–Trinajstić information content (AvgIpc) is 2.66. The number of nitrogens with one attached hydrogen (secondary N) is 1. The Balaban J connectivity index is 1.93. The lowest BCUT2D eigenvalue weighted by molar-refractivity contribution is -0.119. The Morgan fingerprint density at radius 1 is 0.933 bits per heavy atom. The highest BCUT2D eigenvalue weighted by Gasteiger charge is 2.24. The number of carbonyl (C=O) groups excluding carboxylic acids is 1. The number of benzene rings is 1. The highest BCUT2D eigenvalue weighted by molar-refractivity contribution is 7.89. The third-order valence-electron chi connectivity index (χ3n) is 5.31. The molecule has 1 aromatic rings. The molecular formula is C20H33N3O5S2. The van der Waals surface area contributed by atoms with Crippen LogP contribution in [-0.2, 0) is 31.4 Å². The molecule has 1 aromatic carbocycles. The molecule has 0 spiro atoms. The molecule has 1 aliphatic heterocycles. The predicted molar refractivity (Wildman–Crippen MR) is 117 cm³/mol. The van der Waals surface area contributed by atoms with Gasteiger partial charge in [-0.2, -0.15) is 17.0 Å². The van der Waals surface area contributed by atoms with Crippen LogP contribution in [0.3, 0.4) is 0 Å². The van der Waals surface area contributed by atoms with E-state index in [2.05, 4.69) is 4.72 Å². The fourth-order valence-electron chi connectivity index (χ4n) is 3.52. The lowest BCUT2D eigenvalue weighted by atomic mass is 10.1. The van der Waals surface area contributed by atoms with Gasteiger partial charge in [-0.3, -0.25) is 4.79 Å². The molecule has 170 valence electrons. The van der Waals surface area contributed by atoms with Crippen molar-refractivity contribution in [1.29, 1.82) is 0 Å². The molecule has 0 aromatic heterocycles. The first-order chi connectivity index (χ1) is 14.2. The molecule has 1 heterocycles. The maximum Gasteiger partial charge on any atom is 0.303 e. The molecule has 0 radical (unpaired) electrons. The maximum atomic E-state index is 12.5. The van der Waals surface area contributed by atoms with Gasteiger partial charge in [-0.1, -0.05) is 45.2 Å². The van der Waals surface area contributed by atoms with Crippen molar-refractivity contribution in [3.05, 3.63) is 29.8 Å². The van der Waals surface area contributed by atoms with Crippen LogP contribution >= 0.6 is 0 Å². The van der Waals surface area contributed by atoms with Gasteiger partial charge in [0.2, 0.25) is 15.9 Å². The molecule has 1 fully saturated rings. The summed E-state index contributed by atoms with van der Waals surface area (Å²) in [6.45, 7) is 5.24. The Labute approximate surface area is 180 Å². The van der Waals surface area contributed by atoms with Crippen molar-refractivity contribution in [2.45, 2.75) is 63.7 Å². The van der Waals surface area contributed by atoms with Crippen LogP contribution in [0.5, 0.6) is 0 Å². The van der Waals surface area contributed by atoms with E-state index in [0.717, 1.165) is 37.7 Å². The van der Waals surface area contributed by atoms with E-state index in [9.17, 15) is 21.6 Å². The predicted octanol–water partition coefficient (Wildman–Crippen LogP) is 2.28. The number of hydrogen-bond acceptors (Lipinski definition) is 5. The highest BCUT2D eigenvalue weighted by atomic mass is 32.2. The number of rotatable bonds is 9. The zero-order valence-electron chi connectivity index (χ0n) is 17.8. The van der Waals surface area contributed by atoms with Crippen molar-refractivity contribution in [3.8, 4) is 0 Å². The molecule has 10 heteroatoms. The first-order valence-electron chi connectivity index (χ1n) is 10.6. The number of hydrogen-bond donors (Lipinski definition) is 1. The molecule has 0 aliphatic carbocycles. The van der Waals surface area contributed by atoms with Crippen molar-refractivity contribution < 1.29 is 21.6 Å². The second kappa shape index (κ2) is 11.2. The summed E-state index contributed by atoms with van der Waals surface area (Å²) in [5.74, 6) is -0.558. The van der Waals surface area contributed by atoms with Crippen molar-refractivity contribution in [2.75, 3.05) is 26.2 Å². The lowest BCUT2D eigenvalue weighted by Crippen LogP contribution is -2.44. The minimum atomic E-state index is -3.82. The van der Waals surface area contributed by atoms with Gasteiger partial charge in [0, 0.05) is 32.6 Å². The number of aryl methyl sites for hydroxylation is 1. The second-order valence-corrected chi connectivity index (χ2v) is 11.0. The number of carbonyl (C=O) groups is 1. The summed E-state index contributed by atoms with van der Waals surface area (Å²) >= 11 is 0. The van der Waals surface area contributed by atoms with Crippen molar-refractivity contribution in [2.24, 2.45) is 0 Å². The second-order valence-electron chi connectivity index (χ2n) is 7.43. The third-order valence-corrected chi connectivity index (χ3v) is 8.90. The van der Waals surface area contributed by atoms with E-state index in [0.29, 0.717) is 32.6 Å². The SMILES string of the molecule is CCN(CC)S(=O)(=O)c1ccc(CCC(=O)NS(=O)(=O)N2CCCCCCC2)cc1. The smallest absolute Gasteiger partial charge is 0.274 e. The van der Waals surface area contributed by atoms with Gasteiger partial charge in [-0.25, -0.2) is 13.1 Å². The molecule has 1 aliphatic rings. The summed E-state index contributed by atoms with van der Waals surface area (Å²) in [5, 5.41) is 0. The minimum absolute atomic E-state index is 0.00914. The maximum absolute atomic E-state index is 12.5. The summed E-state index contributed by atoms with van der Waals surface area (Å²) in [6.07, 6.45) is 5.06. The van der Waals surface area contributed by atoms with E-state index >= 15 is 0 Å². The van der Waals surface area contributed by atoms with Gasteiger partial charge in [0.25, 0.3) is 0 Å². The van der Waals surface area contributed by atoms with E-state index in [4.69, 9.17) is 0 Å². The monoisotopic (exact) mass is 459 g/mol. The van der Waals surface area contributed by atoms with E-state index in [-0.39, 0.29) is 11.3 Å². The fourth-order valence-corrected chi connectivity index (χ4v) is 6.23. The van der Waals surface area contributed by atoms with Gasteiger partial charge in [-0.15, -0.1) is 0 Å². The normalized spacial score (nSPS) is 16.8. The largest absolute Gasteiger partial charge is 0.303 e. The van der Waals surface area contributed by atoms with Crippen LogP contribution in [-0.4, -0.2) is 57.5 Å². The first-order valence-corrected chi connectivity index (χ1v) is 13.5. The minimum Gasteiger partial charge on any atom is -0.274 e. The van der Waals surface area contributed by atoms with Crippen molar-refractivity contribution in [1.82, 2.24) is 13.3 Å². The van der Waals surface area contributed by atoms with E-state index in [1.165, 1.54) is 20.7 Å². The Bertz CT molecular complexity index is 887. The Kier molecular flexibility index (Phi) is 9.27. The molecule has 0 atom stereocenters. The summed E-state index contributed by atoms with van der Waals surface area (Å²) < 4.78 is 54.9. The van der Waals surface area contributed by atoms with Crippen molar-refractivity contribution in [3.63, 3.8) is 0 Å². The summed E-state index contributed by atoms with van der Waals surface area (Å²) in [5.41, 5.74) is 0.771. The van der Waals surface area contributed by atoms with Gasteiger partial charge < -0.3 is 0 Å². The molecule has 30 heavy (non-hydrogen) atoms. The van der Waals surface area contributed by atoms with E-state index in [1.807, 2.05) is 0 Å². The van der Waals surface area contributed by atoms with E-state index in [1.54, 1.807) is 26.0 Å². The van der Waals surface area contributed by atoms with Crippen LogP contribution in [0, 0.1) is 0 Å². The Morgan fingerprint density at radius 2 is 1.47 bits per heavy atom. The van der Waals surface area contributed by atoms with Gasteiger partial charge >= 0.3 is 10.2 Å². The Morgan fingerprint density at radius 3 is 2.00 bits per heavy atom. The fraction of sp³-hybridized carbons (Fsp3) is 0.650. The quantitative estimate of drug-likeness (QED) is 0.610. The number of sulfonamides is 1. The molecule has 0 unspecified atom stereocenters. The molecule has 1 saturated heterocycles. The van der Waals surface area contributed by atoms with Gasteiger partial charge in [0.1, 0.15) is 0 Å². The van der Waals surface area contributed by atoms with Crippen LogP contribution in [0.25, 0.3) is 0 Å². The molecule has 0 bridgehead atoms. The van der Waals surface area contributed by atoms with Gasteiger partial charge in [0.05, 0.1) is 4.90 Å². The molecule has 8 nitrogen and oxygen atoms in total. The molecular weight excluding hydrogens is 426 g/mol. The molecule has 2 rings (SSSR count). The lowest BCUT2D eigenvalue weighted by Gasteiger charge is -2.24. The van der Waals surface area contributed by atoms with E-state index < -0.39 is 26.1 Å². The number of nitrogens with zero attached hydrogens (tertiary/aromatic N) is 2. The molecule has 0 saturated carbocycles.